The van der Waals surface area contributed by atoms with Gasteiger partial charge in [0.05, 0.1) is 23.8 Å². The Labute approximate surface area is 171 Å². The maximum absolute atomic E-state index is 12.3. The predicted molar refractivity (Wildman–Crippen MR) is 110 cm³/mol. The summed E-state index contributed by atoms with van der Waals surface area (Å²) in [7, 11) is 0. The molecule has 0 spiro atoms. The van der Waals surface area contributed by atoms with Crippen molar-refractivity contribution in [2.75, 3.05) is 6.54 Å². The molecule has 0 radical (unpaired) electrons. The quantitative estimate of drug-likeness (QED) is 0.467. The third kappa shape index (κ3) is 7.55. The van der Waals surface area contributed by atoms with Crippen LogP contribution in [0.15, 0.2) is 48.6 Å². The number of likely N-dealkylation sites (tertiary alicyclic amines) is 1. The number of hydrogen-bond donors (Lipinski definition) is 2. The Morgan fingerprint density at radius 1 is 1.34 bits per heavy atom. The normalized spacial score (nSPS) is 18.3. The number of aliphatic hydroxyl groups excluding tert-OH is 1. The summed E-state index contributed by atoms with van der Waals surface area (Å²) in [6, 6.07) is 9.27. The summed E-state index contributed by atoms with van der Waals surface area (Å²) in [5.74, 6) is -0.712. The molecule has 2 N–H and O–H groups in total. The average Bonchev–Trinajstić information content (AvgIpc) is 2.70. The zero-order chi connectivity index (χ0) is 21.1. The summed E-state index contributed by atoms with van der Waals surface area (Å²) in [5.41, 5.74) is 1.36. The van der Waals surface area contributed by atoms with E-state index in [1.54, 1.807) is 23.1 Å². The van der Waals surface area contributed by atoms with Gasteiger partial charge in [-0.25, -0.2) is 0 Å². The highest BCUT2D eigenvalue weighted by atomic mass is 16.4. The Morgan fingerprint density at radius 2 is 2.14 bits per heavy atom. The van der Waals surface area contributed by atoms with Crippen molar-refractivity contribution in [3.63, 3.8) is 0 Å². The van der Waals surface area contributed by atoms with Crippen LogP contribution in [0, 0.1) is 11.3 Å². The third-order valence-electron chi connectivity index (χ3n) is 4.96. The molecule has 29 heavy (non-hydrogen) atoms. The van der Waals surface area contributed by atoms with E-state index >= 15 is 0 Å². The van der Waals surface area contributed by atoms with Gasteiger partial charge in [0.2, 0.25) is 5.91 Å². The largest absolute Gasteiger partial charge is 0.481 e. The molecule has 6 heteroatoms. The highest BCUT2D eigenvalue weighted by Gasteiger charge is 2.25. The van der Waals surface area contributed by atoms with Gasteiger partial charge in [-0.3, -0.25) is 9.59 Å². The summed E-state index contributed by atoms with van der Waals surface area (Å²) in [4.78, 5) is 24.6. The van der Waals surface area contributed by atoms with E-state index in [2.05, 4.69) is 6.07 Å². The van der Waals surface area contributed by atoms with Crippen LogP contribution < -0.4 is 0 Å². The van der Waals surface area contributed by atoms with E-state index in [1.807, 2.05) is 30.4 Å². The van der Waals surface area contributed by atoms with Crippen molar-refractivity contribution >= 4 is 11.9 Å². The molecule has 0 aromatic heterocycles. The molecule has 0 aliphatic carbocycles. The first-order valence-corrected chi connectivity index (χ1v) is 10.0. The van der Waals surface area contributed by atoms with Gasteiger partial charge >= 0.3 is 5.97 Å². The van der Waals surface area contributed by atoms with Crippen molar-refractivity contribution in [2.45, 2.75) is 57.1 Å². The van der Waals surface area contributed by atoms with Gasteiger partial charge in [-0.2, -0.15) is 5.26 Å². The van der Waals surface area contributed by atoms with Crippen LogP contribution in [0.25, 0.3) is 0 Å². The monoisotopic (exact) mass is 396 g/mol. The van der Waals surface area contributed by atoms with Gasteiger partial charge < -0.3 is 15.1 Å². The van der Waals surface area contributed by atoms with E-state index in [0.717, 1.165) is 18.4 Å². The average molecular weight is 396 g/mol. The summed E-state index contributed by atoms with van der Waals surface area (Å²) < 4.78 is 0. The van der Waals surface area contributed by atoms with Crippen molar-refractivity contribution in [3.05, 3.63) is 59.7 Å². The van der Waals surface area contributed by atoms with Crippen molar-refractivity contribution < 1.29 is 19.8 Å². The van der Waals surface area contributed by atoms with E-state index in [0.29, 0.717) is 37.8 Å². The number of hydrogen-bond acceptors (Lipinski definition) is 4. The number of allylic oxidation sites excluding steroid dienone is 1. The molecule has 1 heterocycles. The lowest BCUT2D eigenvalue weighted by molar-refractivity contribution is -0.137. The van der Waals surface area contributed by atoms with E-state index in [9.17, 15) is 14.7 Å². The molecule has 6 nitrogen and oxygen atoms in total. The molecule has 1 unspecified atom stereocenters. The van der Waals surface area contributed by atoms with Gasteiger partial charge in [0, 0.05) is 25.8 Å². The van der Waals surface area contributed by atoms with Crippen LogP contribution in [0.2, 0.25) is 0 Å². The molecule has 1 aromatic rings. The van der Waals surface area contributed by atoms with Gasteiger partial charge in [0.15, 0.2) is 0 Å². The van der Waals surface area contributed by atoms with Gasteiger partial charge in [-0.1, -0.05) is 42.5 Å². The van der Waals surface area contributed by atoms with Crippen LogP contribution in [0.3, 0.4) is 0 Å². The molecule has 1 fully saturated rings. The molecule has 1 aromatic carbocycles. The number of benzene rings is 1. The maximum Gasteiger partial charge on any atom is 0.303 e. The van der Waals surface area contributed by atoms with Crippen LogP contribution in [-0.2, 0) is 16.0 Å². The lowest BCUT2D eigenvalue weighted by Gasteiger charge is -2.33. The van der Waals surface area contributed by atoms with Gasteiger partial charge in [0.25, 0.3) is 0 Å². The summed E-state index contributed by atoms with van der Waals surface area (Å²) in [5, 5.41) is 28.2. The number of aliphatic carboxylic acids is 1. The third-order valence-corrected chi connectivity index (χ3v) is 4.96. The minimum absolute atomic E-state index is 0.0687. The Bertz CT molecular complexity index is 794. The highest BCUT2D eigenvalue weighted by molar-refractivity contribution is 5.77. The number of carboxylic acids is 1. The molecule has 1 amide bonds. The van der Waals surface area contributed by atoms with E-state index < -0.39 is 12.1 Å². The fourth-order valence-electron chi connectivity index (χ4n) is 3.42. The van der Waals surface area contributed by atoms with Crippen molar-refractivity contribution in [1.29, 1.82) is 5.26 Å². The molecule has 2 rings (SSSR count). The SMILES string of the molecule is N#Cc1ccccc1CC(O)/C=C/[C@H]1CCCC(=O)N1C/C=C\CCCC(=O)O. The van der Waals surface area contributed by atoms with E-state index in [1.165, 1.54) is 0 Å². The number of nitriles is 1. The number of unbranched alkanes of at least 4 members (excludes halogenated alkanes) is 1. The number of carbonyl (C=O) groups is 2. The molecule has 1 aliphatic rings. The summed E-state index contributed by atoms with van der Waals surface area (Å²) in [6.07, 6.45) is 10.6. The fourth-order valence-corrected chi connectivity index (χ4v) is 3.42. The van der Waals surface area contributed by atoms with Gasteiger partial charge in [-0.05, 0) is 37.3 Å². The molecule has 154 valence electrons. The number of carboxylic acid groups (broad SMARTS) is 1. The number of rotatable bonds is 10. The number of amides is 1. The van der Waals surface area contributed by atoms with E-state index in [-0.39, 0.29) is 18.4 Å². The van der Waals surface area contributed by atoms with Crippen molar-refractivity contribution in [1.82, 2.24) is 4.90 Å². The Kier molecular flexibility index (Phi) is 9.13. The molecular weight excluding hydrogens is 368 g/mol. The lowest BCUT2D eigenvalue weighted by atomic mass is 9.98. The minimum Gasteiger partial charge on any atom is -0.481 e. The van der Waals surface area contributed by atoms with Crippen LogP contribution in [0.1, 0.15) is 49.7 Å². The second kappa shape index (κ2) is 11.8. The van der Waals surface area contributed by atoms with Crippen molar-refractivity contribution in [2.24, 2.45) is 0 Å². The zero-order valence-electron chi connectivity index (χ0n) is 16.5. The predicted octanol–water partition coefficient (Wildman–Crippen LogP) is 3.21. The Hall–Kier alpha value is -2.91. The number of nitrogens with zero attached hydrogens (tertiary/aromatic N) is 2. The number of piperidine rings is 1. The smallest absolute Gasteiger partial charge is 0.303 e. The Morgan fingerprint density at radius 3 is 2.90 bits per heavy atom. The molecular formula is C23H28N2O4. The summed E-state index contributed by atoms with van der Waals surface area (Å²) >= 11 is 0. The lowest BCUT2D eigenvalue weighted by Crippen LogP contribution is -2.42. The summed E-state index contributed by atoms with van der Waals surface area (Å²) in [6.45, 7) is 0.480. The second-order valence-electron chi connectivity index (χ2n) is 7.19. The molecule has 2 atom stereocenters. The Balaban J connectivity index is 1.91. The van der Waals surface area contributed by atoms with Crippen molar-refractivity contribution in [3.8, 4) is 6.07 Å². The number of carbonyl (C=O) groups excluding carboxylic acids is 1. The first kappa shape index (κ1) is 22.4. The maximum atomic E-state index is 12.3. The fraction of sp³-hybridized carbons (Fsp3) is 0.435. The number of aliphatic hydroxyl groups is 1. The zero-order valence-corrected chi connectivity index (χ0v) is 16.5. The minimum atomic E-state index is -0.800. The molecule has 0 saturated carbocycles. The molecule has 1 aliphatic heterocycles. The van der Waals surface area contributed by atoms with Crippen LogP contribution in [0.4, 0.5) is 0 Å². The first-order valence-electron chi connectivity index (χ1n) is 10.0. The molecule has 0 bridgehead atoms. The first-order chi connectivity index (χ1) is 14.0. The standard InChI is InChI=1S/C23H28N2O4/c24-17-19-9-5-4-8-18(19)16-21(26)14-13-20-10-7-11-22(27)25(20)15-6-2-1-3-12-23(28)29/h2,4-6,8-9,13-14,20-21,26H,1,3,7,10-12,15-16H2,(H,28,29)/b6-2-,14-13+/t20-,21?/m1/s1. The van der Waals surface area contributed by atoms with E-state index in [4.69, 9.17) is 10.4 Å². The topological polar surface area (TPSA) is 102 Å². The second-order valence-corrected chi connectivity index (χ2v) is 7.19. The van der Waals surface area contributed by atoms with Crippen LogP contribution >= 0.6 is 0 Å². The van der Waals surface area contributed by atoms with Crippen LogP contribution in [-0.4, -0.2) is 45.7 Å². The molecule has 1 saturated heterocycles. The van der Waals surface area contributed by atoms with Gasteiger partial charge in [0.1, 0.15) is 0 Å². The van der Waals surface area contributed by atoms with Crippen LogP contribution in [0.5, 0.6) is 0 Å². The van der Waals surface area contributed by atoms with Gasteiger partial charge in [-0.15, -0.1) is 0 Å². The highest BCUT2D eigenvalue weighted by Crippen LogP contribution is 2.20.